The number of anilines is 2. The fourth-order valence-electron chi connectivity index (χ4n) is 2.15. The molecule has 1 amide bonds. The summed E-state index contributed by atoms with van der Waals surface area (Å²) in [7, 11) is 5.41. The van der Waals surface area contributed by atoms with Gasteiger partial charge in [-0.3, -0.25) is 4.79 Å². The third-order valence-electron chi connectivity index (χ3n) is 3.36. The van der Waals surface area contributed by atoms with Crippen molar-refractivity contribution in [3.63, 3.8) is 0 Å². The molecule has 0 aliphatic rings. The lowest BCUT2D eigenvalue weighted by molar-refractivity contribution is 0.102. The van der Waals surface area contributed by atoms with E-state index in [9.17, 15) is 4.79 Å². The minimum absolute atomic E-state index is 0.205. The molecule has 0 aromatic heterocycles. The average molecular weight is 319 g/mol. The quantitative estimate of drug-likeness (QED) is 0.927. The largest absolute Gasteiger partial charge is 0.496 e. The van der Waals surface area contributed by atoms with Crippen LogP contribution < -0.4 is 15.0 Å². The van der Waals surface area contributed by atoms with Crippen molar-refractivity contribution < 1.29 is 9.53 Å². The fraction of sp³-hybridized carbons (Fsp3) is 0.235. The van der Waals surface area contributed by atoms with Crippen molar-refractivity contribution >= 4 is 28.9 Å². The maximum absolute atomic E-state index is 12.5. The third-order valence-corrected chi connectivity index (χ3v) is 3.59. The molecule has 2 aromatic rings. The van der Waals surface area contributed by atoms with Crippen molar-refractivity contribution in [3.05, 3.63) is 52.5 Å². The van der Waals surface area contributed by atoms with Gasteiger partial charge in [-0.2, -0.15) is 0 Å². The summed E-state index contributed by atoms with van der Waals surface area (Å²) in [5.41, 5.74) is 3.07. The van der Waals surface area contributed by atoms with E-state index < -0.39 is 0 Å². The molecule has 0 radical (unpaired) electrons. The molecule has 1 N–H and O–H groups in total. The van der Waals surface area contributed by atoms with Crippen molar-refractivity contribution in [3.8, 4) is 5.75 Å². The first-order valence-corrected chi connectivity index (χ1v) is 7.23. The Bertz CT molecular complexity index is 699. The molecule has 0 fully saturated rings. The monoisotopic (exact) mass is 318 g/mol. The van der Waals surface area contributed by atoms with Crippen LogP contribution in [0.15, 0.2) is 36.4 Å². The highest BCUT2D eigenvalue weighted by molar-refractivity contribution is 6.31. The van der Waals surface area contributed by atoms with Gasteiger partial charge < -0.3 is 15.0 Å². The average Bonchev–Trinajstić information content (AvgIpc) is 2.47. The van der Waals surface area contributed by atoms with Gasteiger partial charge in [-0.05, 0) is 42.8 Å². The van der Waals surface area contributed by atoms with Crippen molar-refractivity contribution in [1.29, 1.82) is 0 Å². The number of halogens is 1. The van der Waals surface area contributed by atoms with Gasteiger partial charge >= 0.3 is 0 Å². The van der Waals surface area contributed by atoms with E-state index in [1.807, 2.05) is 38.1 Å². The van der Waals surface area contributed by atoms with Gasteiger partial charge in [0.2, 0.25) is 0 Å². The Morgan fingerprint density at radius 1 is 1.18 bits per heavy atom. The van der Waals surface area contributed by atoms with Crippen molar-refractivity contribution in [2.45, 2.75) is 6.92 Å². The highest BCUT2D eigenvalue weighted by Crippen LogP contribution is 2.28. The van der Waals surface area contributed by atoms with Gasteiger partial charge in [0.1, 0.15) is 5.75 Å². The number of amides is 1. The summed E-state index contributed by atoms with van der Waals surface area (Å²) in [6.45, 7) is 1.93. The molecule has 0 saturated carbocycles. The second-order valence-electron chi connectivity index (χ2n) is 5.19. The summed E-state index contributed by atoms with van der Waals surface area (Å²) in [5, 5.41) is 3.47. The third kappa shape index (κ3) is 3.52. The summed E-state index contributed by atoms with van der Waals surface area (Å²) >= 11 is 6.03. The van der Waals surface area contributed by atoms with E-state index >= 15 is 0 Å². The molecule has 22 heavy (non-hydrogen) atoms. The van der Waals surface area contributed by atoms with Crippen LogP contribution in [0.4, 0.5) is 11.4 Å². The number of benzene rings is 2. The van der Waals surface area contributed by atoms with E-state index in [0.29, 0.717) is 22.0 Å². The number of nitrogens with one attached hydrogen (secondary N) is 1. The van der Waals surface area contributed by atoms with Crippen LogP contribution in [0.5, 0.6) is 5.75 Å². The van der Waals surface area contributed by atoms with E-state index in [1.165, 1.54) is 0 Å². The first-order chi connectivity index (χ1) is 10.4. The summed E-state index contributed by atoms with van der Waals surface area (Å²) in [5.74, 6) is 0.482. The number of rotatable bonds is 4. The zero-order valence-electron chi connectivity index (χ0n) is 13.1. The predicted molar refractivity (Wildman–Crippen MR) is 91.5 cm³/mol. The van der Waals surface area contributed by atoms with Crippen LogP contribution in [0.25, 0.3) is 0 Å². The Hall–Kier alpha value is -2.20. The SMILES string of the molecule is COc1cc(C(=O)Nc2cc(Cl)ccc2N(C)C)ccc1C. The maximum Gasteiger partial charge on any atom is 0.255 e. The highest BCUT2D eigenvalue weighted by atomic mass is 35.5. The van der Waals surface area contributed by atoms with Gasteiger partial charge in [0.25, 0.3) is 5.91 Å². The fourth-order valence-corrected chi connectivity index (χ4v) is 2.33. The first-order valence-electron chi connectivity index (χ1n) is 6.85. The number of aryl methyl sites for hydroxylation is 1. The molecule has 116 valence electrons. The molecule has 0 aliphatic heterocycles. The molecular weight excluding hydrogens is 300 g/mol. The molecule has 0 spiro atoms. The standard InChI is InChI=1S/C17H19ClN2O2/c1-11-5-6-12(9-16(11)22-4)17(21)19-14-10-13(18)7-8-15(14)20(2)3/h5-10H,1-4H3,(H,19,21). The summed E-state index contributed by atoms with van der Waals surface area (Å²) in [4.78, 5) is 14.4. The molecule has 2 aromatic carbocycles. The van der Waals surface area contributed by atoms with Crippen molar-refractivity contribution in [2.75, 3.05) is 31.4 Å². The zero-order chi connectivity index (χ0) is 16.3. The molecular formula is C17H19ClN2O2. The molecule has 0 aliphatic carbocycles. The molecule has 5 heteroatoms. The van der Waals surface area contributed by atoms with Crippen LogP contribution in [-0.2, 0) is 0 Å². The predicted octanol–water partition coefficient (Wildman–Crippen LogP) is 3.98. The Morgan fingerprint density at radius 2 is 1.91 bits per heavy atom. The minimum atomic E-state index is -0.205. The topological polar surface area (TPSA) is 41.6 Å². The Morgan fingerprint density at radius 3 is 2.55 bits per heavy atom. The minimum Gasteiger partial charge on any atom is -0.496 e. The van der Waals surface area contributed by atoms with Gasteiger partial charge in [0.15, 0.2) is 0 Å². The van der Waals surface area contributed by atoms with E-state index in [2.05, 4.69) is 5.32 Å². The Kier molecular flexibility index (Phi) is 4.93. The van der Waals surface area contributed by atoms with Crippen LogP contribution in [-0.4, -0.2) is 27.1 Å². The zero-order valence-corrected chi connectivity index (χ0v) is 13.9. The first kappa shape index (κ1) is 16.2. The molecule has 0 atom stereocenters. The molecule has 0 saturated heterocycles. The Labute approximate surface area is 135 Å². The lowest BCUT2D eigenvalue weighted by Crippen LogP contribution is -2.16. The van der Waals surface area contributed by atoms with Gasteiger partial charge in [-0.1, -0.05) is 17.7 Å². The molecule has 0 unspecified atom stereocenters. The lowest BCUT2D eigenvalue weighted by Gasteiger charge is -2.18. The van der Waals surface area contributed by atoms with Gasteiger partial charge in [0, 0.05) is 24.7 Å². The van der Waals surface area contributed by atoms with Crippen LogP contribution in [0.1, 0.15) is 15.9 Å². The van der Waals surface area contributed by atoms with Gasteiger partial charge in [-0.15, -0.1) is 0 Å². The summed E-state index contributed by atoms with van der Waals surface area (Å²) in [6.07, 6.45) is 0. The summed E-state index contributed by atoms with van der Waals surface area (Å²) in [6, 6.07) is 10.8. The molecule has 4 nitrogen and oxygen atoms in total. The van der Waals surface area contributed by atoms with Crippen LogP contribution >= 0.6 is 11.6 Å². The molecule has 2 rings (SSSR count). The van der Waals surface area contributed by atoms with Gasteiger partial charge in [-0.25, -0.2) is 0 Å². The second-order valence-corrected chi connectivity index (χ2v) is 5.63. The Balaban J connectivity index is 2.31. The van der Waals surface area contributed by atoms with E-state index in [1.54, 1.807) is 31.4 Å². The number of ether oxygens (including phenoxy) is 1. The van der Waals surface area contributed by atoms with Crippen LogP contribution in [0.2, 0.25) is 5.02 Å². The van der Waals surface area contributed by atoms with E-state index in [4.69, 9.17) is 16.3 Å². The summed E-state index contributed by atoms with van der Waals surface area (Å²) < 4.78 is 5.26. The molecule has 0 bridgehead atoms. The number of carbonyl (C=O) groups is 1. The van der Waals surface area contributed by atoms with Crippen LogP contribution in [0.3, 0.4) is 0 Å². The number of nitrogens with zero attached hydrogens (tertiary/aromatic N) is 1. The number of methoxy groups -OCH3 is 1. The van der Waals surface area contributed by atoms with Crippen molar-refractivity contribution in [2.24, 2.45) is 0 Å². The van der Waals surface area contributed by atoms with Crippen LogP contribution in [0, 0.1) is 6.92 Å². The smallest absolute Gasteiger partial charge is 0.255 e. The number of hydrogen-bond donors (Lipinski definition) is 1. The maximum atomic E-state index is 12.5. The number of carbonyl (C=O) groups excluding carboxylic acids is 1. The van der Waals surface area contributed by atoms with Crippen molar-refractivity contribution in [1.82, 2.24) is 0 Å². The lowest BCUT2D eigenvalue weighted by atomic mass is 10.1. The van der Waals surface area contributed by atoms with Gasteiger partial charge in [0.05, 0.1) is 18.5 Å². The second kappa shape index (κ2) is 6.71. The normalized spacial score (nSPS) is 10.2. The van der Waals surface area contributed by atoms with E-state index in [0.717, 1.165) is 11.3 Å². The molecule has 0 heterocycles. The highest BCUT2D eigenvalue weighted by Gasteiger charge is 2.12. The number of hydrogen-bond acceptors (Lipinski definition) is 3. The van der Waals surface area contributed by atoms with E-state index in [-0.39, 0.29) is 5.91 Å².